The number of anilines is 1. The van der Waals surface area contributed by atoms with E-state index in [4.69, 9.17) is 0 Å². The van der Waals surface area contributed by atoms with Crippen LogP contribution in [0.3, 0.4) is 0 Å². The van der Waals surface area contributed by atoms with E-state index in [9.17, 15) is 21.6 Å². The van der Waals surface area contributed by atoms with Crippen LogP contribution >= 0.6 is 24.8 Å². The number of nitrogens with zero attached hydrogens (tertiary/aromatic N) is 2. The normalized spacial score (nSPS) is 18.8. The summed E-state index contributed by atoms with van der Waals surface area (Å²) in [6.45, 7) is 4.49. The number of halogens is 5. The van der Waals surface area contributed by atoms with Crippen LogP contribution in [0.25, 0.3) is 0 Å². The summed E-state index contributed by atoms with van der Waals surface area (Å²) in [6, 6.07) is 14.4. The van der Waals surface area contributed by atoms with Gasteiger partial charge in [0.1, 0.15) is 5.75 Å². The second-order valence-corrected chi connectivity index (χ2v) is 9.57. The molecule has 4 rings (SSSR count). The molecule has 5 nitrogen and oxygen atoms in total. The van der Waals surface area contributed by atoms with E-state index in [1.165, 1.54) is 36.1 Å². The lowest BCUT2D eigenvalue weighted by molar-refractivity contribution is -0.0500. The molecule has 1 heterocycles. The van der Waals surface area contributed by atoms with Crippen LogP contribution in [-0.2, 0) is 16.5 Å². The first kappa shape index (κ1) is 27.6. The van der Waals surface area contributed by atoms with E-state index < -0.39 is 15.6 Å². The molecule has 11 heteroatoms. The van der Waals surface area contributed by atoms with E-state index >= 15 is 0 Å². The Morgan fingerprint density at radius 3 is 2.21 bits per heavy atom. The molecule has 2 aromatic carbocycles. The molecule has 0 spiro atoms. The predicted molar refractivity (Wildman–Crippen MR) is 127 cm³/mol. The minimum Gasteiger partial charge on any atom is -0.376 e. The number of piperazine rings is 1. The SMILES string of the molecule is Cl.Cl.O=S(=O)(Oc1ccc(N2CCN(CCC3CCc4ccccc43)CC2)cc1)C(F)(F)F. The van der Waals surface area contributed by atoms with E-state index in [0.29, 0.717) is 5.92 Å². The highest BCUT2D eigenvalue weighted by atomic mass is 35.5. The number of alkyl halides is 3. The Bertz CT molecular complexity index is 1010. The van der Waals surface area contributed by atoms with Crippen LogP contribution in [0.5, 0.6) is 5.75 Å². The summed E-state index contributed by atoms with van der Waals surface area (Å²) in [7, 11) is -5.65. The average molecular weight is 527 g/mol. The summed E-state index contributed by atoms with van der Waals surface area (Å²) >= 11 is 0. The monoisotopic (exact) mass is 526 g/mol. The molecule has 1 unspecified atom stereocenters. The van der Waals surface area contributed by atoms with E-state index in [0.717, 1.165) is 44.8 Å². The van der Waals surface area contributed by atoms with E-state index in [2.05, 4.69) is 38.2 Å². The highest BCUT2D eigenvalue weighted by molar-refractivity contribution is 7.88. The number of hydrogen-bond donors (Lipinski definition) is 0. The second kappa shape index (κ2) is 11.2. The van der Waals surface area contributed by atoms with Crippen molar-refractivity contribution in [3.63, 3.8) is 0 Å². The van der Waals surface area contributed by atoms with Crippen LogP contribution < -0.4 is 9.08 Å². The van der Waals surface area contributed by atoms with Crippen molar-refractivity contribution >= 4 is 40.6 Å². The Labute approximate surface area is 204 Å². The molecule has 1 saturated heterocycles. The van der Waals surface area contributed by atoms with E-state index in [-0.39, 0.29) is 30.6 Å². The highest BCUT2D eigenvalue weighted by Gasteiger charge is 2.48. The minimum atomic E-state index is -5.65. The molecule has 0 radical (unpaired) electrons. The standard InChI is InChI=1S/C22H25F3N2O3S.2ClH/c23-22(24,25)31(28,29)30-20-9-7-19(8-10-20)27-15-13-26(14-16-27)12-11-18-6-5-17-3-1-2-4-21(17)18;;/h1-4,7-10,18H,5-6,11-16H2;2*1H. The summed E-state index contributed by atoms with van der Waals surface area (Å²) < 4.78 is 63.7. The van der Waals surface area contributed by atoms with Gasteiger partial charge in [-0.15, -0.1) is 24.8 Å². The maximum absolute atomic E-state index is 12.4. The van der Waals surface area contributed by atoms with Gasteiger partial charge in [0.15, 0.2) is 0 Å². The molecule has 1 aliphatic carbocycles. The molecule has 0 saturated carbocycles. The summed E-state index contributed by atoms with van der Waals surface area (Å²) in [5, 5.41) is 0. The molecule has 1 aliphatic heterocycles. The summed E-state index contributed by atoms with van der Waals surface area (Å²) in [5.41, 5.74) is -1.63. The lowest BCUT2D eigenvalue weighted by atomic mass is 9.97. The number of fused-ring (bicyclic) bond motifs is 1. The van der Waals surface area contributed by atoms with Crippen LogP contribution in [0, 0.1) is 0 Å². The predicted octanol–water partition coefficient (Wildman–Crippen LogP) is 5.00. The fourth-order valence-corrected chi connectivity index (χ4v) is 4.86. The fourth-order valence-electron chi connectivity index (χ4n) is 4.40. The smallest absolute Gasteiger partial charge is 0.376 e. The Kier molecular flexibility index (Phi) is 9.32. The Morgan fingerprint density at radius 2 is 1.58 bits per heavy atom. The first-order valence-corrected chi connectivity index (χ1v) is 11.8. The Balaban J connectivity index is 0.00000193. The van der Waals surface area contributed by atoms with Gasteiger partial charge in [-0.2, -0.15) is 21.6 Å². The molecule has 1 atom stereocenters. The lowest BCUT2D eigenvalue weighted by Crippen LogP contribution is -2.46. The van der Waals surface area contributed by atoms with Gasteiger partial charge in [-0.05, 0) is 67.1 Å². The van der Waals surface area contributed by atoms with Crippen LogP contribution in [0.4, 0.5) is 18.9 Å². The quantitative estimate of drug-likeness (QED) is 0.391. The zero-order chi connectivity index (χ0) is 22.1. The van der Waals surface area contributed by atoms with Gasteiger partial charge in [0, 0.05) is 31.9 Å². The Hall–Kier alpha value is -1.68. The second-order valence-electron chi connectivity index (χ2n) is 8.03. The van der Waals surface area contributed by atoms with E-state index in [1.807, 2.05) is 0 Å². The summed E-state index contributed by atoms with van der Waals surface area (Å²) in [5.74, 6) is 0.284. The van der Waals surface area contributed by atoms with Crippen molar-refractivity contribution in [3.05, 3.63) is 59.7 Å². The van der Waals surface area contributed by atoms with Gasteiger partial charge in [-0.3, -0.25) is 4.90 Å². The van der Waals surface area contributed by atoms with Gasteiger partial charge in [0.05, 0.1) is 0 Å². The van der Waals surface area contributed by atoms with Crippen molar-refractivity contribution < 1.29 is 25.8 Å². The first-order valence-electron chi connectivity index (χ1n) is 10.4. The Morgan fingerprint density at radius 1 is 0.939 bits per heavy atom. The zero-order valence-corrected chi connectivity index (χ0v) is 20.3. The molecule has 0 N–H and O–H groups in total. The van der Waals surface area contributed by atoms with Crippen LogP contribution in [0.1, 0.15) is 29.9 Å². The van der Waals surface area contributed by atoms with Gasteiger partial charge in [-0.25, -0.2) is 0 Å². The zero-order valence-electron chi connectivity index (χ0n) is 17.8. The van der Waals surface area contributed by atoms with Crippen LogP contribution in [0.15, 0.2) is 48.5 Å². The van der Waals surface area contributed by atoms with Gasteiger partial charge in [0.25, 0.3) is 0 Å². The van der Waals surface area contributed by atoms with Crippen molar-refractivity contribution in [1.29, 1.82) is 0 Å². The molecular formula is C22H27Cl2F3N2O3S. The van der Waals surface area contributed by atoms with Crippen molar-refractivity contribution in [1.82, 2.24) is 4.90 Å². The lowest BCUT2D eigenvalue weighted by Gasteiger charge is -2.36. The minimum absolute atomic E-state index is 0. The van der Waals surface area contributed by atoms with Gasteiger partial charge >= 0.3 is 15.6 Å². The van der Waals surface area contributed by atoms with Gasteiger partial charge < -0.3 is 9.08 Å². The number of benzene rings is 2. The largest absolute Gasteiger partial charge is 0.534 e. The van der Waals surface area contributed by atoms with Crippen molar-refractivity contribution in [3.8, 4) is 5.75 Å². The molecule has 33 heavy (non-hydrogen) atoms. The molecule has 0 bridgehead atoms. The number of hydrogen-bond acceptors (Lipinski definition) is 5. The molecule has 184 valence electrons. The fraction of sp³-hybridized carbons (Fsp3) is 0.455. The third-order valence-corrected chi connectivity index (χ3v) is 7.09. The molecular weight excluding hydrogens is 500 g/mol. The number of aryl methyl sites for hydroxylation is 1. The van der Waals surface area contributed by atoms with E-state index in [1.54, 1.807) is 12.1 Å². The first-order chi connectivity index (χ1) is 14.7. The maximum atomic E-state index is 12.4. The van der Waals surface area contributed by atoms with Gasteiger partial charge in [0.2, 0.25) is 0 Å². The molecule has 1 fully saturated rings. The number of rotatable bonds is 6. The molecule has 0 amide bonds. The third kappa shape index (κ3) is 6.47. The molecule has 0 aromatic heterocycles. The van der Waals surface area contributed by atoms with Gasteiger partial charge in [-0.1, -0.05) is 24.3 Å². The molecule has 2 aliphatic rings. The maximum Gasteiger partial charge on any atom is 0.534 e. The topological polar surface area (TPSA) is 49.9 Å². The van der Waals surface area contributed by atoms with Crippen molar-refractivity contribution in [2.24, 2.45) is 0 Å². The van der Waals surface area contributed by atoms with Crippen LogP contribution in [-0.4, -0.2) is 51.5 Å². The van der Waals surface area contributed by atoms with Crippen molar-refractivity contribution in [2.75, 3.05) is 37.6 Å². The van der Waals surface area contributed by atoms with Crippen LogP contribution in [0.2, 0.25) is 0 Å². The third-order valence-electron chi connectivity index (χ3n) is 6.11. The summed E-state index contributed by atoms with van der Waals surface area (Å²) in [6.07, 6.45) is 3.53. The average Bonchev–Trinajstić information content (AvgIpc) is 3.15. The van der Waals surface area contributed by atoms with Crippen molar-refractivity contribution in [2.45, 2.75) is 30.7 Å². The summed E-state index contributed by atoms with van der Waals surface area (Å²) in [4.78, 5) is 4.59. The highest BCUT2D eigenvalue weighted by Crippen LogP contribution is 2.35. The molecule has 2 aromatic rings.